The summed E-state index contributed by atoms with van der Waals surface area (Å²) in [4.78, 5) is 23.6. The predicted molar refractivity (Wildman–Crippen MR) is 73.1 cm³/mol. The highest BCUT2D eigenvalue weighted by molar-refractivity contribution is 5.81. The van der Waals surface area contributed by atoms with Crippen molar-refractivity contribution in [1.29, 1.82) is 0 Å². The lowest BCUT2D eigenvalue weighted by atomic mass is 9.94. The molecule has 1 aliphatic carbocycles. The van der Waals surface area contributed by atoms with Crippen LogP contribution in [0.5, 0.6) is 0 Å². The number of aliphatic carboxylic acids is 1. The van der Waals surface area contributed by atoms with Crippen molar-refractivity contribution in [3.8, 4) is 0 Å². The molecule has 3 atom stereocenters. The highest BCUT2D eigenvalue weighted by Crippen LogP contribution is 2.24. The first-order chi connectivity index (χ1) is 9.59. The van der Waals surface area contributed by atoms with Crippen molar-refractivity contribution in [2.24, 2.45) is 5.92 Å². The SMILES string of the molecule is CC(C(=O)NC1CCCCCC1C(=O)O)n1cccn1. The molecule has 0 spiro atoms. The second kappa shape index (κ2) is 6.54. The Morgan fingerprint density at radius 3 is 2.75 bits per heavy atom. The lowest BCUT2D eigenvalue weighted by molar-refractivity contribution is -0.143. The first-order valence-corrected chi connectivity index (χ1v) is 7.12. The molecule has 0 aliphatic heterocycles. The number of nitrogens with one attached hydrogen (secondary N) is 1. The molecule has 1 aliphatic rings. The average Bonchev–Trinajstić information content (AvgIpc) is 2.85. The molecule has 2 N–H and O–H groups in total. The maximum absolute atomic E-state index is 12.2. The third kappa shape index (κ3) is 3.37. The van der Waals surface area contributed by atoms with Gasteiger partial charge in [-0.05, 0) is 25.8 Å². The van der Waals surface area contributed by atoms with Crippen molar-refractivity contribution in [2.45, 2.75) is 51.1 Å². The van der Waals surface area contributed by atoms with Gasteiger partial charge in [0.1, 0.15) is 6.04 Å². The van der Waals surface area contributed by atoms with Crippen LogP contribution in [-0.4, -0.2) is 32.8 Å². The zero-order valence-electron chi connectivity index (χ0n) is 11.7. The number of hydrogen-bond donors (Lipinski definition) is 2. The van der Waals surface area contributed by atoms with Gasteiger partial charge in [0.15, 0.2) is 0 Å². The van der Waals surface area contributed by atoms with Crippen molar-refractivity contribution >= 4 is 11.9 Å². The molecular formula is C14H21N3O3. The third-order valence-corrected chi connectivity index (χ3v) is 3.96. The summed E-state index contributed by atoms with van der Waals surface area (Å²) in [5, 5.41) is 16.2. The topological polar surface area (TPSA) is 84.2 Å². The van der Waals surface area contributed by atoms with Gasteiger partial charge in [0, 0.05) is 18.4 Å². The molecule has 6 nitrogen and oxygen atoms in total. The zero-order valence-corrected chi connectivity index (χ0v) is 11.7. The van der Waals surface area contributed by atoms with Crippen molar-refractivity contribution in [3.63, 3.8) is 0 Å². The van der Waals surface area contributed by atoms with Crippen LogP contribution in [-0.2, 0) is 9.59 Å². The van der Waals surface area contributed by atoms with Crippen molar-refractivity contribution < 1.29 is 14.7 Å². The Hall–Kier alpha value is -1.85. The van der Waals surface area contributed by atoms with E-state index in [-0.39, 0.29) is 11.9 Å². The van der Waals surface area contributed by atoms with E-state index in [1.54, 1.807) is 30.1 Å². The van der Waals surface area contributed by atoms with Crippen molar-refractivity contribution in [1.82, 2.24) is 15.1 Å². The maximum atomic E-state index is 12.2. The summed E-state index contributed by atoms with van der Waals surface area (Å²) >= 11 is 0. The summed E-state index contributed by atoms with van der Waals surface area (Å²) < 4.78 is 1.57. The largest absolute Gasteiger partial charge is 0.481 e. The molecule has 20 heavy (non-hydrogen) atoms. The molecule has 0 bridgehead atoms. The number of carbonyl (C=O) groups is 2. The molecule has 0 saturated heterocycles. The highest BCUT2D eigenvalue weighted by atomic mass is 16.4. The fourth-order valence-corrected chi connectivity index (χ4v) is 2.71. The molecular weight excluding hydrogens is 258 g/mol. The van der Waals surface area contributed by atoms with Crippen LogP contribution in [0.1, 0.15) is 45.1 Å². The summed E-state index contributed by atoms with van der Waals surface area (Å²) in [7, 11) is 0. The highest BCUT2D eigenvalue weighted by Gasteiger charge is 2.31. The Morgan fingerprint density at radius 1 is 1.35 bits per heavy atom. The summed E-state index contributed by atoms with van der Waals surface area (Å²) in [6, 6.07) is 1.05. The van der Waals surface area contributed by atoms with Gasteiger partial charge in [-0.15, -0.1) is 0 Å². The lowest BCUT2D eigenvalue weighted by Gasteiger charge is -2.24. The number of carboxylic acid groups (broad SMARTS) is 1. The number of carbonyl (C=O) groups excluding carboxylic acids is 1. The monoisotopic (exact) mass is 279 g/mol. The minimum atomic E-state index is -0.816. The minimum absolute atomic E-state index is 0.174. The molecule has 1 aromatic heterocycles. The number of aromatic nitrogens is 2. The van der Waals surface area contributed by atoms with E-state index < -0.39 is 17.9 Å². The number of nitrogens with zero attached hydrogens (tertiary/aromatic N) is 2. The van der Waals surface area contributed by atoms with Gasteiger partial charge in [-0.3, -0.25) is 14.3 Å². The Morgan fingerprint density at radius 2 is 2.10 bits per heavy atom. The van der Waals surface area contributed by atoms with E-state index in [2.05, 4.69) is 10.4 Å². The van der Waals surface area contributed by atoms with E-state index in [9.17, 15) is 14.7 Å². The van der Waals surface area contributed by atoms with E-state index in [1.807, 2.05) is 0 Å². The van der Waals surface area contributed by atoms with Gasteiger partial charge >= 0.3 is 5.97 Å². The minimum Gasteiger partial charge on any atom is -0.481 e. The second-order valence-corrected chi connectivity index (χ2v) is 5.36. The molecule has 3 unspecified atom stereocenters. The van der Waals surface area contributed by atoms with Crippen LogP contribution < -0.4 is 5.32 Å². The Labute approximate surface area is 118 Å². The third-order valence-electron chi connectivity index (χ3n) is 3.96. The Bertz CT molecular complexity index is 458. The van der Waals surface area contributed by atoms with Gasteiger partial charge in [-0.1, -0.05) is 19.3 Å². The van der Waals surface area contributed by atoms with E-state index in [1.165, 1.54) is 0 Å². The molecule has 110 valence electrons. The first kappa shape index (κ1) is 14.6. The van der Waals surface area contributed by atoms with Crippen LogP contribution in [0.4, 0.5) is 0 Å². The van der Waals surface area contributed by atoms with Gasteiger partial charge < -0.3 is 10.4 Å². The second-order valence-electron chi connectivity index (χ2n) is 5.36. The molecule has 0 aromatic carbocycles. The van der Waals surface area contributed by atoms with Crippen LogP contribution in [0.3, 0.4) is 0 Å². The van der Waals surface area contributed by atoms with Crippen LogP contribution >= 0.6 is 0 Å². The van der Waals surface area contributed by atoms with Gasteiger partial charge in [0.2, 0.25) is 5.91 Å². The molecule has 1 fully saturated rings. The molecule has 1 amide bonds. The van der Waals surface area contributed by atoms with Crippen LogP contribution in [0.25, 0.3) is 0 Å². The van der Waals surface area contributed by atoms with Crippen LogP contribution in [0, 0.1) is 5.92 Å². The number of rotatable bonds is 4. The van der Waals surface area contributed by atoms with Crippen molar-refractivity contribution in [3.05, 3.63) is 18.5 Å². The maximum Gasteiger partial charge on any atom is 0.308 e. The average molecular weight is 279 g/mol. The molecule has 1 aromatic rings. The fourth-order valence-electron chi connectivity index (χ4n) is 2.71. The quantitative estimate of drug-likeness (QED) is 0.820. The van der Waals surface area contributed by atoms with Gasteiger partial charge in [-0.2, -0.15) is 5.10 Å². The number of carboxylic acids is 1. The Balaban J connectivity index is 2.02. The Kier molecular flexibility index (Phi) is 4.76. The standard InChI is InChI=1S/C14H21N3O3/c1-10(17-9-5-8-15-17)13(18)16-12-7-4-2-3-6-11(12)14(19)20/h5,8-12H,2-4,6-7H2,1H3,(H,16,18)(H,19,20). The number of hydrogen-bond acceptors (Lipinski definition) is 3. The molecule has 6 heteroatoms. The summed E-state index contributed by atoms with van der Waals surface area (Å²) in [5.74, 6) is -1.47. The fraction of sp³-hybridized carbons (Fsp3) is 0.643. The first-order valence-electron chi connectivity index (χ1n) is 7.12. The van der Waals surface area contributed by atoms with E-state index in [4.69, 9.17) is 0 Å². The molecule has 0 radical (unpaired) electrons. The molecule has 1 heterocycles. The van der Waals surface area contributed by atoms with Crippen LogP contribution in [0.15, 0.2) is 18.5 Å². The van der Waals surface area contributed by atoms with Gasteiger partial charge in [0.25, 0.3) is 0 Å². The smallest absolute Gasteiger partial charge is 0.308 e. The normalized spacial score (nSPS) is 24.6. The molecule has 2 rings (SSSR count). The molecule has 1 saturated carbocycles. The number of amides is 1. The summed E-state index contributed by atoms with van der Waals surface area (Å²) in [5.41, 5.74) is 0. The van der Waals surface area contributed by atoms with Crippen LogP contribution in [0.2, 0.25) is 0 Å². The van der Waals surface area contributed by atoms with E-state index >= 15 is 0 Å². The van der Waals surface area contributed by atoms with E-state index in [0.717, 1.165) is 25.7 Å². The summed E-state index contributed by atoms with van der Waals surface area (Å²) in [6.45, 7) is 1.76. The van der Waals surface area contributed by atoms with Crippen molar-refractivity contribution in [2.75, 3.05) is 0 Å². The summed E-state index contributed by atoms with van der Waals surface area (Å²) in [6.07, 6.45) is 7.63. The van der Waals surface area contributed by atoms with Gasteiger partial charge in [-0.25, -0.2) is 0 Å². The van der Waals surface area contributed by atoms with E-state index in [0.29, 0.717) is 6.42 Å². The predicted octanol–water partition coefficient (Wildman–Crippen LogP) is 1.59. The zero-order chi connectivity index (χ0) is 14.5. The van der Waals surface area contributed by atoms with Gasteiger partial charge in [0.05, 0.1) is 5.92 Å². The lowest BCUT2D eigenvalue weighted by Crippen LogP contribution is -2.45.